The lowest BCUT2D eigenvalue weighted by molar-refractivity contribution is 0.185. The van der Waals surface area contributed by atoms with E-state index >= 15 is 0 Å². The second-order valence-electron chi connectivity index (χ2n) is 7.85. The van der Waals surface area contributed by atoms with Crippen LogP contribution in [-0.4, -0.2) is 49.6 Å². The molecule has 33 heavy (non-hydrogen) atoms. The van der Waals surface area contributed by atoms with Gasteiger partial charge in [-0.05, 0) is 43.2 Å². The number of rotatable bonds is 4. The van der Waals surface area contributed by atoms with Crippen LogP contribution in [0.2, 0.25) is 10.0 Å². The highest BCUT2D eigenvalue weighted by Gasteiger charge is 2.24. The third-order valence-corrected chi connectivity index (χ3v) is 5.99. The van der Waals surface area contributed by atoms with Crippen molar-refractivity contribution in [3.8, 4) is 0 Å². The molecule has 0 aliphatic carbocycles. The predicted octanol–water partition coefficient (Wildman–Crippen LogP) is 5.42. The van der Waals surface area contributed by atoms with Crippen LogP contribution in [0.4, 0.5) is 22.2 Å². The summed E-state index contributed by atoms with van der Waals surface area (Å²) in [6, 6.07) is 13.2. The van der Waals surface area contributed by atoms with Gasteiger partial charge in [-0.25, -0.2) is 14.8 Å². The summed E-state index contributed by atoms with van der Waals surface area (Å²) in [5.74, 6) is 1.19. The minimum Gasteiger partial charge on any atom is -0.367 e. The second-order valence-corrected chi connectivity index (χ2v) is 8.73. The molecule has 0 unspecified atom stereocenters. The summed E-state index contributed by atoms with van der Waals surface area (Å²) in [5.41, 5.74) is 1.53. The van der Waals surface area contributed by atoms with Crippen LogP contribution in [-0.2, 0) is 0 Å². The number of anilines is 3. The topological polar surface area (TPSA) is 88.0 Å². The normalized spacial score (nSPS) is 14.4. The molecule has 1 saturated heterocycles. The van der Waals surface area contributed by atoms with Crippen molar-refractivity contribution in [1.29, 1.82) is 0 Å². The molecule has 8 nitrogen and oxygen atoms in total. The van der Waals surface area contributed by atoms with E-state index in [1.165, 1.54) is 10.9 Å². The molecule has 0 spiro atoms. The molecule has 2 aromatic heterocycles. The number of fused-ring (bicyclic) bond motifs is 1. The summed E-state index contributed by atoms with van der Waals surface area (Å²) in [5, 5.41) is 8.76. The lowest BCUT2D eigenvalue weighted by atomic mass is 10.0. The van der Waals surface area contributed by atoms with Gasteiger partial charge in [0.05, 0.1) is 5.52 Å². The first-order valence-corrected chi connectivity index (χ1v) is 11.3. The summed E-state index contributed by atoms with van der Waals surface area (Å²) in [6.07, 6.45) is 6.43. The number of imidazole rings is 1. The van der Waals surface area contributed by atoms with Gasteiger partial charge in [-0.15, -0.1) is 0 Å². The van der Waals surface area contributed by atoms with Gasteiger partial charge in [-0.2, -0.15) is 4.98 Å². The summed E-state index contributed by atoms with van der Waals surface area (Å²) in [6.45, 7) is 1.31. The number of para-hydroxylation sites is 1. The quantitative estimate of drug-likeness (QED) is 0.404. The minimum absolute atomic E-state index is 0.0508. The smallest absolute Gasteiger partial charge is 0.329 e. The van der Waals surface area contributed by atoms with E-state index < -0.39 is 0 Å². The number of likely N-dealkylation sites (tertiary alicyclic amines) is 1. The molecule has 0 saturated carbocycles. The molecule has 0 bridgehead atoms. The SMILES string of the molecule is O=C(N1CCC(Nc2nc(Nc3cc(Cl)cc(Cl)c3)nc3ccccc23)CC1)n1ccnc1. The Morgan fingerprint density at radius 2 is 1.79 bits per heavy atom. The number of nitrogens with zero attached hydrogens (tertiary/aromatic N) is 5. The van der Waals surface area contributed by atoms with E-state index in [0.717, 1.165) is 29.6 Å². The number of aromatic nitrogens is 4. The molecule has 1 amide bonds. The highest BCUT2D eigenvalue weighted by molar-refractivity contribution is 6.35. The molecular weight excluding hydrogens is 461 g/mol. The molecule has 5 rings (SSSR count). The molecule has 1 aliphatic heterocycles. The van der Waals surface area contributed by atoms with Gasteiger partial charge < -0.3 is 15.5 Å². The summed E-state index contributed by atoms with van der Waals surface area (Å²) in [4.78, 5) is 27.7. The van der Waals surface area contributed by atoms with E-state index in [1.54, 1.807) is 30.6 Å². The highest BCUT2D eigenvalue weighted by atomic mass is 35.5. The van der Waals surface area contributed by atoms with Crippen molar-refractivity contribution >= 4 is 57.6 Å². The lowest BCUT2D eigenvalue weighted by Gasteiger charge is -2.32. The zero-order valence-electron chi connectivity index (χ0n) is 17.6. The second kappa shape index (κ2) is 9.25. The van der Waals surface area contributed by atoms with Crippen LogP contribution in [0, 0.1) is 0 Å². The van der Waals surface area contributed by atoms with Crippen LogP contribution in [0.3, 0.4) is 0 Å². The fourth-order valence-corrected chi connectivity index (χ4v) is 4.47. The largest absolute Gasteiger partial charge is 0.367 e. The number of amides is 1. The molecule has 3 heterocycles. The van der Waals surface area contributed by atoms with E-state index in [0.29, 0.717) is 34.8 Å². The summed E-state index contributed by atoms with van der Waals surface area (Å²) >= 11 is 12.3. The number of carbonyl (C=O) groups excluding carboxylic acids is 1. The van der Waals surface area contributed by atoms with Crippen molar-refractivity contribution in [1.82, 2.24) is 24.4 Å². The van der Waals surface area contributed by atoms with Gasteiger partial charge in [0.25, 0.3) is 0 Å². The summed E-state index contributed by atoms with van der Waals surface area (Å²) < 4.78 is 1.51. The van der Waals surface area contributed by atoms with E-state index in [4.69, 9.17) is 28.2 Å². The van der Waals surface area contributed by atoms with Crippen LogP contribution in [0.25, 0.3) is 10.9 Å². The zero-order valence-corrected chi connectivity index (χ0v) is 19.1. The Morgan fingerprint density at radius 1 is 1.03 bits per heavy atom. The number of hydrogen-bond acceptors (Lipinski definition) is 6. The lowest BCUT2D eigenvalue weighted by Crippen LogP contribution is -2.44. The Morgan fingerprint density at radius 3 is 2.52 bits per heavy atom. The average Bonchev–Trinajstić information content (AvgIpc) is 3.33. The molecule has 168 valence electrons. The van der Waals surface area contributed by atoms with Crippen molar-refractivity contribution in [3.05, 3.63) is 71.2 Å². The maximum Gasteiger partial charge on any atom is 0.329 e. The van der Waals surface area contributed by atoms with Crippen LogP contribution in [0.1, 0.15) is 12.8 Å². The number of piperidine rings is 1. The maximum atomic E-state index is 12.5. The number of halogens is 2. The fraction of sp³-hybridized carbons (Fsp3) is 0.217. The molecular formula is C23H21Cl2N7O. The van der Waals surface area contributed by atoms with Gasteiger partial charge in [0.15, 0.2) is 0 Å². The van der Waals surface area contributed by atoms with Gasteiger partial charge in [-0.3, -0.25) is 4.57 Å². The molecule has 4 aromatic rings. The zero-order chi connectivity index (χ0) is 22.8. The number of benzene rings is 2. The Labute approximate surface area is 200 Å². The summed E-state index contributed by atoms with van der Waals surface area (Å²) in [7, 11) is 0. The van der Waals surface area contributed by atoms with Crippen molar-refractivity contribution in [2.75, 3.05) is 23.7 Å². The van der Waals surface area contributed by atoms with Crippen molar-refractivity contribution in [2.45, 2.75) is 18.9 Å². The van der Waals surface area contributed by atoms with Crippen LogP contribution in [0.5, 0.6) is 0 Å². The predicted molar refractivity (Wildman–Crippen MR) is 131 cm³/mol. The Hall–Kier alpha value is -3.36. The standard InChI is InChI=1S/C23H21Cl2N7O/c24-15-11-16(25)13-18(12-15)28-22-29-20-4-2-1-3-19(20)21(30-22)27-17-5-8-31(9-6-17)23(33)32-10-7-26-14-32/h1-4,7,10-14,17H,5-6,8-9H2,(H2,27,28,29,30). The van der Waals surface area contributed by atoms with Crippen molar-refractivity contribution in [3.63, 3.8) is 0 Å². The van der Waals surface area contributed by atoms with Gasteiger partial charge in [0.1, 0.15) is 12.1 Å². The van der Waals surface area contributed by atoms with Crippen LogP contribution < -0.4 is 10.6 Å². The van der Waals surface area contributed by atoms with Gasteiger partial charge in [-0.1, -0.05) is 35.3 Å². The first-order valence-electron chi connectivity index (χ1n) is 10.6. The average molecular weight is 482 g/mol. The molecule has 0 radical (unpaired) electrons. The Kier molecular flexibility index (Phi) is 6.02. The van der Waals surface area contributed by atoms with Crippen molar-refractivity contribution in [2.24, 2.45) is 0 Å². The number of nitrogens with one attached hydrogen (secondary N) is 2. The van der Waals surface area contributed by atoms with E-state index in [1.807, 2.05) is 29.2 Å². The van der Waals surface area contributed by atoms with Gasteiger partial charge in [0.2, 0.25) is 5.95 Å². The van der Waals surface area contributed by atoms with E-state index in [9.17, 15) is 4.79 Å². The maximum absolute atomic E-state index is 12.5. The third kappa shape index (κ3) is 4.86. The molecule has 1 aliphatic rings. The Bertz CT molecular complexity index is 1270. The van der Waals surface area contributed by atoms with Gasteiger partial charge in [0, 0.05) is 52.6 Å². The van der Waals surface area contributed by atoms with Gasteiger partial charge >= 0.3 is 6.03 Å². The minimum atomic E-state index is -0.0508. The first kappa shape index (κ1) is 21.5. The fourth-order valence-electron chi connectivity index (χ4n) is 3.94. The van der Waals surface area contributed by atoms with Crippen LogP contribution in [0.15, 0.2) is 61.2 Å². The van der Waals surface area contributed by atoms with E-state index in [2.05, 4.69) is 20.6 Å². The third-order valence-electron chi connectivity index (χ3n) is 5.55. The monoisotopic (exact) mass is 481 g/mol. The molecule has 10 heteroatoms. The number of carbonyl (C=O) groups is 1. The van der Waals surface area contributed by atoms with Crippen molar-refractivity contribution < 1.29 is 4.79 Å². The molecule has 0 atom stereocenters. The first-order chi connectivity index (χ1) is 16.0. The Balaban J connectivity index is 1.34. The molecule has 1 fully saturated rings. The van der Waals surface area contributed by atoms with E-state index in [-0.39, 0.29) is 12.1 Å². The van der Waals surface area contributed by atoms with Crippen LogP contribution >= 0.6 is 23.2 Å². The highest BCUT2D eigenvalue weighted by Crippen LogP contribution is 2.28. The molecule has 2 aromatic carbocycles. The number of hydrogen-bond donors (Lipinski definition) is 2. The molecule has 2 N–H and O–H groups in total.